The molecule has 17 heavy (non-hydrogen) atoms. The van der Waals surface area contributed by atoms with E-state index in [0.29, 0.717) is 10.1 Å². The van der Waals surface area contributed by atoms with Gasteiger partial charge >= 0.3 is 0 Å². The summed E-state index contributed by atoms with van der Waals surface area (Å²) < 4.78 is 1.57. The Bertz CT molecular complexity index is 461. The summed E-state index contributed by atoms with van der Waals surface area (Å²) in [5, 5.41) is 2.90. The second-order valence-electron chi connectivity index (χ2n) is 3.49. The van der Waals surface area contributed by atoms with E-state index in [-0.39, 0.29) is 23.2 Å². The smallest absolute Gasteiger partial charge is 0.268 e. The molecular weight excluding hydrogens is 356 g/mol. The van der Waals surface area contributed by atoms with E-state index in [1.54, 1.807) is 0 Å². The van der Waals surface area contributed by atoms with Crippen molar-refractivity contribution in [2.75, 3.05) is 6.54 Å². The lowest BCUT2D eigenvalue weighted by Gasteiger charge is -2.07. The van der Waals surface area contributed by atoms with Gasteiger partial charge in [0, 0.05) is 6.54 Å². The fraction of sp³-hybridized carbons (Fsp3) is 0.500. The van der Waals surface area contributed by atoms with E-state index in [2.05, 4.69) is 10.3 Å². The van der Waals surface area contributed by atoms with Crippen LogP contribution in [-0.2, 0) is 11.3 Å². The minimum atomic E-state index is -0.295. The van der Waals surface area contributed by atoms with Crippen molar-refractivity contribution in [2.45, 2.75) is 26.3 Å². The summed E-state index contributed by atoms with van der Waals surface area (Å²) in [6, 6.07) is 0. The second kappa shape index (κ2) is 6.95. The van der Waals surface area contributed by atoms with Crippen molar-refractivity contribution in [1.29, 1.82) is 0 Å². The molecule has 0 aromatic carbocycles. The summed E-state index contributed by atoms with van der Waals surface area (Å²) >= 11 is 7.51. The average Bonchev–Trinajstić information content (AvgIpc) is 2.30. The standard InChI is InChI=1S/C10H13ClIN3O2/c1-2-3-4-13-7(16)5-15-6-14-9(11)8(12)10(15)17/h6H,2-5H2,1H3,(H,13,16). The molecule has 1 amide bonds. The van der Waals surface area contributed by atoms with Crippen molar-refractivity contribution in [2.24, 2.45) is 0 Å². The van der Waals surface area contributed by atoms with Crippen molar-refractivity contribution < 1.29 is 4.79 Å². The average molecular weight is 370 g/mol. The minimum absolute atomic E-state index is 0.0251. The van der Waals surface area contributed by atoms with E-state index in [1.165, 1.54) is 10.9 Å². The van der Waals surface area contributed by atoms with Gasteiger partial charge in [-0.3, -0.25) is 14.2 Å². The Kier molecular flexibility index (Phi) is 5.90. The highest BCUT2D eigenvalue weighted by Gasteiger charge is 2.09. The summed E-state index contributed by atoms with van der Waals surface area (Å²) in [5.74, 6) is -0.194. The third-order valence-electron chi connectivity index (χ3n) is 2.11. The molecule has 0 bridgehead atoms. The van der Waals surface area contributed by atoms with Crippen LogP contribution in [0.15, 0.2) is 11.1 Å². The molecule has 0 aliphatic rings. The lowest BCUT2D eigenvalue weighted by Crippen LogP contribution is -2.33. The maximum Gasteiger partial charge on any atom is 0.268 e. The van der Waals surface area contributed by atoms with E-state index >= 15 is 0 Å². The van der Waals surface area contributed by atoms with Gasteiger partial charge in [-0.25, -0.2) is 4.98 Å². The molecule has 1 aromatic rings. The summed E-state index contributed by atoms with van der Waals surface area (Å²) in [6.45, 7) is 2.65. The number of carbonyl (C=O) groups excluding carboxylic acids is 1. The molecule has 0 aliphatic carbocycles. The fourth-order valence-electron chi connectivity index (χ4n) is 1.17. The molecule has 0 unspecified atom stereocenters. The Morgan fingerprint density at radius 3 is 3.00 bits per heavy atom. The first-order valence-electron chi connectivity index (χ1n) is 5.23. The van der Waals surface area contributed by atoms with Gasteiger partial charge in [0.25, 0.3) is 5.56 Å². The summed E-state index contributed by atoms with van der Waals surface area (Å²) in [5.41, 5.74) is -0.295. The zero-order valence-electron chi connectivity index (χ0n) is 9.37. The predicted molar refractivity (Wildman–Crippen MR) is 74.1 cm³/mol. The molecule has 1 heterocycles. The molecule has 1 N–H and O–H groups in total. The molecule has 0 spiro atoms. The monoisotopic (exact) mass is 369 g/mol. The zero-order valence-corrected chi connectivity index (χ0v) is 12.3. The molecule has 0 radical (unpaired) electrons. The first-order chi connectivity index (χ1) is 8.06. The Hall–Kier alpha value is -0.630. The van der Waals surface area contributed by atoms with Crippen molar-refractivity contribution >= 4 is 40.1 Å². The van der Waals surface area contributed by atoms with Gasteiger partial charge in [0.05, 0.1) is 6.33 Å². The highest BCUT2D eigenvalue weighted by molar-refractivity contribution is 14.1. The van der Waals surface area contributed by atoms with Crippen molar-refractivity contribution in [3.8, 4) is 0 Å². The Morgan fingerprint density at radius 1 is 1.65 bits per heavy atom. The van der Waals surface area contributed by atoms with Crippen molar-refractivity contribution in [3.63, 3.8) is 0 Å². The van der Waals surface area contributed by atoms with Crippen LogP contribution in [0, 0.1) is 3.57 Å². The normalized spacial score (nSPS) is 10.3. The molecule has 0 saturated heterocycles. The first kappa shape index (κ1) is 14.4. The molecule has 0 aliphatic heterocycles. The molecule has 0 fully saturated rings. The second-order valence-corrected chi connectivity index (χ2v) is 4.92. The SMILES string of the molecule is CCCCNC(=O)Cn1cnc(Cl)c(I)c1=O. The van der Waals surface area contributed by atoms with E-state index in [4.69, 9.17) is 11.6 Å². The molecular formula is C10H13ClIN3O2. The zero-order chi connectivity index (χ0) is 12.8. The Labute approximate surface area is 118 Å². The van der Waals surface area contributed by atoms with Crippen LogP contribution in [0.2, 0.25) is 5.15 Å². The highest BCUT2D eigenvalue weighted by atomic mass is 127. The summed E-state index contributed by atoms with van der Waals surface area (Å²) in [6.07, 6.45) is 3.23. The van der Waals surface area contributed by atoms with Crippen LogP contribution in [0.3, 0.4) is 0 Å². The fourth-order valence-corrected chi connectivity index (χ4v) is 1.75. The van der Waals surface area contributed by atoms with Crippen LogP contribution in [0.5, 0.6) is 0 Å². The number of hydrogen-bond acceptors (Lipinski definition) is 3. The van der Waals surface area contributed by atoms with Crippen LogP contribution in [-0.4, -0.2) is 22.0 Å². The predicted octanol–water partition coefficient (Wildman–Crippen LogP) is 1.42. The lowest BCUT2D eigenvalue weighted by molar-refractivity contribution is -0.121. The van der Waals surface area contributed by atoms with E-state index in [9.17, 15) is 9.59 Å². The van der Waals surface area contributed by atoms with Crippen LogP contribution >= 0.6 is 34.2 Å². The number of nitrogens with one attached hydrogen (secondary N) is 1. The molecule has 94 valence electrons. The minimum Gasteiger partial charge on any atom is -0.355 e. The van der Waals surface area contributed by atoms with Gasteiger partial charge in [0.2, 0.25) is 5.91 Å². The van der Waals surface area contributed by atoms with Gasteiger partial charge in [-0.15, -0.1) is 0 Å². The van der Waals surface area contributed by atoms with Gasteiger partial charge in [-0.2, -0.15) is 0 Å². The summed E-state index contributed by atoms with van der Waals surface area (Å²) in [4.78, 5) is 27.0. The maximum atomic E-state index is 11.7. The molecule has 1 rings (SSSR count). The number of halogens is 2. The number of amides is 1. The first-order valence-corrected chi connectivity index (χ1v) is 6.69. The van der Waals surface area contributed by atoms with Crippen LogP contribution < -0.4 is 10.9 Å². The van der Waals surface area contributed by atoms with Crippen LogP contribution in [0.1, 0.15) is 19.8 Å². The number of unbranched alkanes of at least 4 members (excludes halogenated alkanes) is 1. The molecule has 7 heteroatoms. The topological polar surface area (TPSA) is 64.0 Å². The van der Waals surface area contributed by atoms with Gasteiger partial charge in [-0.05, 0) is 29.0 Å². The Morgan fingerprint density at radius 2 is 2.35 bits per heavy atom. The van der Waals surface area contributed by atoms with Crippen LogP contribution in [0.4, 0.5) is 0 Å². The maximum absolute atomic E-state index is 11.7. The number of carbonyl (C=O) groups is 1. The number of hydrogen-bond donors (Lipinski definition) is 1. The molecule has 0 atom stereocenters. The van der Waals surface area contributed by atoms with E-state index in [1.807, 2.05) is 29.5 Å². The van der Waals surface area contributed by atoms with Gasteiger partial charge < -0.3 is 5.32 Å². The third-order valence-corrected chi connectivity index (χ3v) is 3.68. The van der Waals surface area contributed by atoms with Gasteiger partial charge in [-0.1, -0.05) is 24.9 Å². The number of rotatable bonds is 5. The largest absolute Gasteiger partial charge is 0.355 e. The Balaban J connectivity index is 2.66. The lowest BCUT2D eigenvalue weighted by atomic mass is 10.3. The molecule has 1 aromatic heterocycles. The van der Waals surface area contributed by atoms with Crippen LogP contribution in [0.25, 0.3) is 0 Å². The number of aromatic nitrogens is 2. The quantitative estimate of drug-likeness (QED) is 0.485. The van der Waals surface area contributed by atoms with Crippen molar-refractivity contribution in [3.05, 3.63) is 25.4 Å². The highest BCUT2D eigenvalue weighted by Crippen LogP contribution is 2.09. The number of nitrogens with zero attached hydrogens (tertiary/aromatic N) is 2. The van der Waals surface area contributed by atoms with Crippen molar-refractivity contribution in [1.82, 2.24) is 14.9 Å². The van der Waals surface area contributed by atoms with Gasteiger partial charge in [0.1, 0.15) is 15.3 Å². The van der Waals surface area contributed by atoms with E-state index < -0.39 is 0 Å². The molecule has 5 nitrogen and oxygen atoms in total. The summed E-state index contributed by atoms with van der Waals surface area (Å²) in [7, 11) is 0. The third kappa shape index (κ3) is 4.27. The van der Waals surface area contributed by atoms with E-state index in [0.717, 1.165) is 12.8 Å². The molecule has 0 saturated carbocycles. The van der Waals surface area contributed by atoms with Gasteiger partial charge in [0.15, 0.2) is 0 Å².